The van der Waals surface area contributed by atoms with E-state index in [9.17, 15) is 0 Å². The third-order valence-electron chi connectivity index (χ3n) is 2.50. The highest BCUT2D eigenvalue weighted by Gasteiger charge is 2.09. The van der Waals surface area contributed by atoms with Crippen molar-refractivity contribution in [2.45, 2.75) is 13.5 Å². The number of furan rings is 1. The number of hydrogen-bond acceptors (Lipinski definition) is 5. The van der Waals surface area contributed by atoms with E-state index in [0.29, 0.717) is 12.5 Å². The Morgan fingerprint density at radius 3 is 2.94 bits per heavy atom. The summed E-state index contributed by atoms with van der Waals surface area (Å²) >= 11 is 0. The normalized spacial score (nSPS) is 10.2. The van der Waals surface area contributed by atoms with Crippen molar-refractivity contribution in [3.05, 3.63) is 36.4 Å². The molecule has 0 saturated heterocycles. The molecule has 2 aromatic rings. The van der Waals surface area contributed by atoms with Crippen LogP contribution in [0, 0.1) is 0 Å². The molecule has 0 unspecified atom stereocenters. The zero-order chi connectivity index (χ0) is 12.1. The number of aromatic nitrogens is 2. The van der Waals surface area contributed by atoms with Gasteiger partial charge in [0.1, 0.15) is 11.6 Å². The Morgan fingerprint density at radius 1 is 1.41 bits per heavy atom. The van der Waals surface area contributed by atoms with Gasteiger partial charge in [0, 0.05) is 19.8 Å². The van der Waals surface area contributed by atoms with Gasteiger partial charge in [0.2, 0.25) is 5.95 Å². The van der Waals surface area contributed by atoms with Gasteiger partial charge in [0.25, 0.3) is 0 Å². The van der Waals surface area contributed by atoms with Crippen LogP contribution in [0.1, 0.15) is 12.7 Å². The van der Waals surface area contributed by atoms with Gasteiger partial charge in [-0.05, 0) is 25.1 Å². The van der Waals surface area contributed by atoms with Crippen LogP contribution in [0.5, 0.6) is 0 Å². The van der Waals surface area contributed by atoms with Gasteiger partial charge in [-0.2, -0.15) is 4.98 Å². The largest absolute Gasteiger partial charge is 0.467 e. The van der Waals surface area contributed by atoms with Crippen molar-refractivity contribution in [1.29, 1.82) is 0 Å². The molecule has 5 heteroatoms. The molecule has 0 amide bonds. The van der Waals surface area contributed by atoms with Crippen LogP contribution in [-0.2, 0) is 6.54 Å². The number of nitrogens with one attached hydrogen (secondary N) is 1. The summed E-state index contributed by atoms with van der Waals surface area (Å²) in [4.78, 5) is 10.6. The average molecular weight is 232 g/mol. The first-order valence-electron chi connectivity index (χ1n) is 5.61. The van der Waals surface area contributed by atoms with Gasteiger partial charge in [0.15, 0.2) is 0 Å². The molecule has 1 N–H and O–H groups in total. The Balaban J connectivity index is 2.16. The van der Waals surface area contributed by atoms with Crippen molar-refractivity contribution < 1.29 is 4.42 Å². The fourth-order valence-electron chi connectivity index (χ4n) is 1.59. The molecule has 0 aromatic carbocycles. The number of anilines is 2. The zero-order valence-corrected chi connectivity index (χ0v) is 10.1. The Bertz CT molecular complexity index is 455. The summed E-state index contributed by atoms with van der Waals surface area (Å²) in [6, 6.07) is 5.75. The van der Waals surface area contributed by atoms with Gasteiger partial charge in [-0.1, -0.05) is 0 Å². The average Bonchev–Trinajstić information content (AvgIpc) is 2.89. The predicted molar refractivity (Wildman–Crippen MR) is 67.0 cm³/mol. The molecule has 5 nitrogen and oxygen atoms in total. The van der Waals surface area contributed by atoms with E-state index in [-0.39, 0.29) is 0 Å². The maximum Gasteiger partial charge on any atom is 0.224 e. The van der Waals surface area contributed by atoms with Crippen LogP contribution >= 0.6 is 0 Å². The molecule has 0 atom stereocenters. The molecule has 2 heterocycles. The SMILES string of the molecule is CCN(Cc1ccco1)c1ccnc(NC)n1. The minimum atomic E-state index is 0.625. The third-order valence-corrected chi connectivity index (χ3v) is 2.50. The van der Waals surface area contributed by atoms with E-state index in [4.69, 9.17) is 4.42 Å². The van der Waals surface area contributed by atoms with Crippen LogP contribution < -0.4 is 10.2 Å². The zero-order valence-electron chi connectivity index (χ0n) is 10.1. The highest BCUT2D eigenvalue weighted by atomic mass is 16.3. The molecule has 0 aliphatic carbocycles. The molecule has 0 aliphatic rings. The Hall–Kier alpha value is -2.04. The molecular weight excluding hydrogens is 216 g/mol. The molecule has 0 bridgehead atoms. The molecule has 0 aliphatic heterocycles. The standard InChI is InChI=1S/C12H16N4O/c1-3-16(9-10-5-4-8-17-10)11-6-7-14-12(13-2)15-11/h4-8H,3,9H2,1-2H3,(H,13,14,15). The fraction of sp³-hybridized carbons (Fsp3) is 0.333. The molecular formula is C12H16N4O. The lowest BCUT2D eigenvalue weighted by molar-refractivity contribution is 0.503. The smallest absolute Gasteiger partial charge is 0.224 e. The van der Waals surface area contributed by atoms with E-state index in [1.807, 2.05) is 25.2 Å². The van der Waals surface area contributed by atoms with Crippen molar-refractivity contribution in [3.63, 3.8) is 0 Å². The quantitative estimate of drug-likeness (QED) is 0.856. The Labute approximate surface area is 100 Å². The van der Waals surface area contributed by atoms with Crippen LogP contribution in [-0.4, -0.2) is 23.6 Å². The first kappa shape index (κ1) is 11.4. The molecule has 2 rings (SSSR count). The van der Waals surface area contributed by atoms with E-state index in [0.717, 1.165) is 18.1 Å². The van der Waals surface area contributed by atoms with Crippen LogP contribution in [0.4, 0.5) is 11.8 Å². The molecule has 2 aromatic heterocycles. The van der Waals surface area contributed by atoms with Gasteiger partial charge >= 0.3 is 0 Å². The van der Waals surface area contributed by atoms with Crippen LogP contribution in [0.3, 0.4) is 0 Å². The van der Waals surface area contributed by atoms with Crippen molar-refractivity contribution in [2.75, 3.05) is 23.8 Å². The summed E-state index contributed by atoms with van der Waals surface area (Å²) in [5.41, 5.74) is 0. The molecule has 0 radical (unpaired) electrons. The Kier molecular flexibility index (Phi) is 3.59. The van der Waals surface area contributed by atoms with Gasteiger partial charge in [-0.15, -0.1) is 0 Å². The van der Waals surface area contributed by atoms with Gasteiger partial charge in [-0.25, -0.2) is 4.98 Å². The highest BCUT2D eigenvalue weighted by Crippen LogP contribution is 2.15. The van der Waals surface area contributed by atoms with E-state index in [2.05, 4.69) is 27.1 Å². The maximum atomic E-state index is 5.34. The molecule has 17 heavy (non-hydrogen) atoms. The van der Waals surface area contributed by atoms with E-state index >= 15 is 0 Å². The highest BCUT2D eigenvalue weighted by molar-refractivity contribution is 5.42. The topological polar surface area (TPSA) is 54.2 Å². The maximum absolute atomic E-state index is 5.34. The number of hydrogen-bond donors (Lipinski definition) is 1. The summed E-state index contributed by atoms with van der Waals surface area (Å²) in [6.07, 6.45) is 3.43. The minimum Gasteiger partial charge on any atom is -0.467 e. The third kappa shape index (κ3) is 2.75. The minimum absolute atomic E-state index is 0.625. The van der Waals surface area contributed by atoms with E-state index < -0.39 is 0 Å². The second-order valence-electron chi connectivity index (χ2n) is 3.58. The van der Waals surface area contributed by atoms with E-state index in [1.165, 1.54) is 0 Å². The van der Waals surface area contributed by atoms with Crippen molar-refractivity contribution >= 4 is 11.8 Å². The van der Waals surface area contributed by atoms with Crippen LogP contribution in [0.2, 0.25) is 0 Å². The first-order chi connectivity index (χ1) is 8.33. The molecule has 0 spiro atoms. The number of nitrogens with zero attached hydrogens (tertiary/aromatic N) is 3. The monoisotopic (exact) mass is 232 g/mol. The van der Waals surface area contributed by atoms with Gasteiger partial charge < -0.3 is 14.6 Å². The second kappa shape index (κ2) is 5.34. The summed E-state index contributed by atoms with van der Waals surface area (Å²) < 4.78 is 5.34. The lowest BCUT2D eigenvalue weighted by Crippen LogP contribution is -2.23. The summed E-state index contributed by atoms with van der Waals surface area (Å²) in [5.74, 6) is 2.44. The lowest BCUT2D eigenvalue weighted by atomic mass is 10.4. The van der Waals surface area contributed by atoms with Crippen LogP contribution in [0.15, 0.2) is 35.1 Å². The fourth-order valence-corrected chi connectivity index (χ4v) is 1.59. The van der Waals surface area contributed by atoms with Crippen molar-refractivity contribution in [1.82, 2.24) is 9.97 Å². The lowest BCUT2D eigenvalue weighted by Gasteiger charge is -2.20. The molecule has 0 saturated carbocycles. The summed E-state index contributed by atoms with van der Waals surface area (Å²) in [7, 11) is 1.81. The predicted octanol–water partition coefficient (Wildman–Crippen LogP) is 2.14. The molecule has 90 valence electrons. The molecule has 0 fully saturated rings. The van der Waals surface area contributed by atoms with Crippen molar-refractivity contribution in [3.8, 4) is 0 Å². The summed E-state index contributed by atoms with van der Waals surface area (Å²) in [6.45, 7) is 3.66. The van der Waals surface area contributed by atoms with Crippen LogP contribution in [0.25, 0.3) is 0 Å². The van der Waals surface area contributed by atoms with Gasteiger partial charge in [0.05, 0.1) is 12.8 Å². The second-order valence-corrected chi connectivity index (χ2v) is 3.58. The van der Waals surface area contributed by atoms with Crippen molar-refractivity contribution in [2.24, 2.45) is 0 Å². The number of rotatable bonds is 5. The summed E-state index contributed by atoms with van der Waals surface area (Å²) in [5, 5.41) is 2.93. The Morgan fingerprint density at radius 2 is 2.29 bits per heavy atom. The van der Waals surface area contributed by atoms with Gasteiger partial charge in [-0.3, -0.25) is 0 Å². The first-order valence-corrected chi connectivity index (χ1v) is 5.61. The van der Waals surface area contributed by atoms with E-state index in [1.54, 1.807) is 12.5 Å².